The van der Waals surface area contributed by atoms with Crippen molar-refractivity contribution in [2.45, 2.75) is 0 Å². The van der Waals surface area contributed by atoms with E-state index in [1.807, 2.05) is 0 Å². The Morgan fingerprint density at radius 2 is 2.17 bits per heavy atom. The lowest BCUT2D eigenvalue weighted by atomic mass is 10.3. The summed E-state index contributed by atoms with van der Waals surface area (Å²) in [6.07, 6.45) is 0. The molecule has 1 N–H and O–H groups in total. The summed E-state index contributed by atoms with van der Waals surface area (Å²) in [7, 11) is 0. The highest BCUT2D eigenvalue weighted by Crippen LogP contribution is 2.11. The molecular weight excluding hydrogens is 181 g/mol. The SMILES string of the molecule is O=C(CCl)Nc1ccccc1F. The van der Waals surface area contributed by atoms with Crippen LogP contribution < -0.4 is 5.32 Å². The summed E-state index contributed by atoms with van der Waals surface area (Å²) in [6.45, 7) is 0. The Morgan fingerprint density at radius 3 is 2.75 bits per heavy atom. The average molecular weight is 188 g/mol. The van der Waals surface area contributed by atoms with Gasteiger partial charge in [-0.2, -0.15) is 0 Å². The van der Waals surface area contributed by atoms with Gasteiger partial charge in [-0.15, -0.1) is 11.6 Å². The van der Waals surface area contributed by atoms with E-state index in [0.717, 1.165) is 0 Å². The Bertz CT molecular complexity index is 290. The van der Waals surface area contributed by atoms with Crippen LogP contribution in [-0.4, -0.2) is 11.8 Å². The molecule has 0 fully saturated rings. The number of hydrogen-bond acceptors (Lipinski definition) is 1. The molecule has 12 heavy (non-hydrogen) atoms. The standard InChI is InChI=1S/C8H7ClFNO/c9-5-8(12)11-7-4-2-1-3-6(7)10/h1-4H,5H2,(H,11,12). The highest BCUT2D eigenvalue weighted by Gasteiger charge is 2.03. The van der Waals surface area contributed by atoms with Gasteiger partial charge in [-0.25, -0.2) is 4.39 Å². The van der Waals surface area contributed by atoms with Crippen molar-refractivity contribution in [2.75, 3.05) is 11.2 Å². The van der Waals surface area contributed by atoms with E-state index in [2.05, 4.69) is 5.32 Å². The Kier molecular flexibility index (Phi) is 3.05. The third-order valence-electron chi connectivity index (χ3n) is 1.27. The number of anilines is 1. The fourth-order valence-electron chi connectivity index (χ4n) is 0.746. The lowest BCUT2D eigenvalue weighted by Crippen LogP contribution is -2.13. The first kappa shape index (κ1) is 9.00. The van der Waals surface area contributed by atoms with Crippen molar-refractivity contribution >= 4 is 23.2 Å². The monoisotopic (exact) mass is 187 g/mol. The average Bonchev–Trinajstić information content (AvgIpc) is 2.09. The number of rotatable bonds is 2. The summed E-state index contributed by atoms with van der Waals surface area (Å²) in [4.78, 5) is 10.7. The van der Waals surface area contributed by atoms with Crippen molar-refractivity contribution in [3.05, 3.63) is 30.1 Å². The molecule has 64 valence electrons. The highest BCUT2D eigenvalue weighted by molar-refractivity contribution is 6.29. The zero-order valence-electron chi connectivity index (χ0n) is 6.18. The van der Waals surface area contributed by atoms with Gasteiger partial charge in [-0.3, -0.25) is 4.79 Å². The predicted molar refractivity (Wildman–Crippen MR) is 45.7 cm³/mol. The predicted octanol–water partition coefficient (Wildman–Crippen LogP) is 2.00. The van der Waals surface area contributed by atoms with Gasteiger partial charge in [-0.05, 0) is 12.1 Å². The molecule has 0 aliphatic carbocycles. The summed E-state index contributed by atoms with van der Waals surface area (Å²) in [5.41, 5.74) is 0.156. The third kappa shape index (κ3) is 2.20. The summed E-state index contributed by atoms with van der Waals surface area (Å²) < 4.78 is 12.8. The second kappa shape index (κ2) is 4.07. The molecule has 1 amide bonds. The van der Waals surface area contributed by atoms with E-state index in [1.54, 1.807) is 12.1 Å². The highest BCUT2D eigenvalue weighted by atomic mass is 35.5. The summed E-state index contributed by atoms with van der Waals surface area (Å²) in [5.74, 6) is -1.05. The van der Waals surface area contributed by atoms with Gasteiger partial charge in [0, 0.05) is 0 Å². The molecule has 0 bridgehead atoms. The van der Waals surface area contributed by atoms with Gasteiger partial charge in [0.15, 0.2) is 0 Å². The molecule has 0 atom stereocenters. The molecule has 0 spiro atoms. The van der Waals surface area contributed by atoms with E-state index in [4.69, 9.17) is 11.6 Å². The molecule has 0 aliphatic rings. The number of halogens is 2. The summed E-state index contributed by atoms with van der Waals surface area (Å²) >= 11 is 5.22. The Morgan fingerprint density at radius 1 is 1.50 bits per heavy atom. The topological polar surface area (TPSA) is 29.1 Å². The fraction of sp³-hybridized carbons (Fsp3) is 0.125. The minimum Gasteiger partial charge on any atom is -0.323 e. The van der Waals surface area contributed by atoms with Crippen LogP contribution >= 0.6 is 11.6 Å². The zero-order chi connectivity index (χ0) is 8.97. The van der Waals surface area contributed by atoms with Gasteiger partial charge in [0.25, 0.3) is 0 Å². The smallest absolute Gasteiger partial charge is 0.239 e. The van der Waals surface area contributed by atoms with E-state index in [-0.39, 0.29) is 11.6 Å². The van der Waals surface area contributed by atoms with Crippen LogP contribution in [0.15, 0.2) is 24.3 Å². The number of nitrogens with one attached hydrogen (secondary N) is 1. The Hall–Kier alpha value is -1.09. The number of alkyl halides is 1. The maximum absolute atomic E-state index is 12.8. The van der Waals surface area contributed by atoms with Gasteiger partial charge in [0.1, 0.15) is 11.7 Å². The first-order valence-electron chi connectivity index (χ1n) is 3.34. The first-order chi connectivity index (χ1) is 5.74. The normalized spacial score (nSPS) is 9.50. The van der Waals surface area contributed by atoms with Crippen molar-refractivity contribution in [1.29, 1.82) is 0 Å². The molecule has 1 aromatic rings. The molecular formula is C8H7ClFNO. The van der Waals surface area contributed by atoms with Gasteiger partial charge in [0.05, 0.1) is 5.69 Å². The second-order valence-corrected chi connectivity index (χ2v) is 2.43. The van der Waals surface area contributed by atoms with Crippen LogP contribution in [0.4, 0.5) is 10.1 Å². The van der Waals surface area contributed by atoms with E-state index >= 15 is 0 Å². The lowest BCUT2D eigenvalue weighted by Gasteiger charge is -2.02. The molecule has 0 radical (unpaired) electrons. The number of amides is 1. The van der Waals surface area contributed by atoms with Crippen LogP contribution in [0.5, 0.6) is 0 Å². The van der Waals surface area contributed by atoms with Crippen LogP contribution in [0.1, 0.15) is 0 Å². The molecule has 0 aromatic heterocycles. The van der Waals surface area contributed by atoms with Crippen molar-refractivity contribution in [3.8, 4) is 0 Å². The van der Waals surface area contributed by atoms with Crippen molar-refractivity contribution in [3.63, 3.8) is 0 Å². The largest absolute Gasteiger partial charge is 0.323 e. The van der Waals surface area contributed by atoms with Crippen LogP contribution in [0.2, 0.25) is 0 Å². The second-order valence-electron chi connectivity index (χ2n) is 2.16. The molecule has 0 heterocycles. The molecule has 2 nitrogen and oxygen atoms in total. The van der Waals surface area contributed by atoms with Crippen molar-refractivity contribution in [2.24, 2.45) is 0 Å². The number of benzene rings is 1. The molecule has 1 rings (SSSR count). The quantitative estimate of drug-likeness (QED) is 0.705. The van der Waals surface area contributed by atoms with E-state index < -0.39 is 11.7 Å². The molecule has 4 heteroatoms. The summed E-state index contributed by atoms with van der Waals surface area (Å²) in [5, 5.41) is 2.31. The number of carbonyl (C=O) groups is 1. The van der Waals surface area contributed by atoms with Crippen LogP contribution in [0.3, 0.4) is 0 Å². The van der Waals surface area contributed by atoms with E-state index in [1.165, 1.54) is 12.1 Å². The van der Waals surface area contributed by atoms with Crippen LogP contribution in [0.25, 0.3) is 0 Å². The number of para-hydroxylation sites is 1. The minimum absolute atomic E-state index is 0.156. The molecule has 0 saturated carbocycles. The van der Waals surface area contributed by atoms with Gasteiger partial charge >= 0.3 is 0 Å². The molecule has 0 aliphatic heterocycles. The van der Waals surface area contributed by atoms with Crippen LogP contribution in [0, 0.1) is 5.82 Å². The molecule has 0 unspecified atom stereocenters. The van der Waals surface area contributed by atoms with Crippen LogP contribution in [-0.2, 0) is 4.79 Å². The zero-order valence-corrected chi connectivity index (χ0v) is 6.94. The molecule has 1 aromatic carbocycles. The van der Waals surface area contributed by atoms with E-state index in [9.17, 15) is 9.18 Å². The van der Waals surface area contributed by atoms with Gasteiger partial charge in [0.2, 0.25) is 5.91 Å². The maximum atomic E-state index is 12.8. The summed E-state index contributed by atoms with van der Waals surface area (Å²) in [6, 6.07) is 5.92. The minimum atomic E-state index is -0.462. The molecule has 0 saturated heterocycles. The van der Waals surface area contributed by atoms with Crippen molar-refractivity contribution < 1.29 is 9.18 Å². The third-order valence-corrected chi connectivity index (χ3v) is 1.51. The maximum Gasteiger partial charge on any atom is 0.239 e. The van der Waals surface area contributed by atoms with E-state index in [0.29, 0.717) is 0 Å². The Labute approximate surface area is 74.3 Å². The number of carbonyl (C=O) groups excluding carboxylic acids is 1. The van der Waals surface area contributed by atoms with Gasteiger partial charge < -0.3 is 5.32 Å². The first-order valence-corrected chi connectivity index (χ1v) is 3.88. The lowest BCUT2D eigenvalue weighted by molar-refractivity contribution is -0.113. The fourth-order valence-corrected chi connectivity index (χ4v) is 0.813. The number of hydrogen-bond donors (Lipinski definition) is 1. The Balaban J connectivity index is 2.75. The van der Waals surface area contributed by atoms with Gasteiger partial charge in [-0.1, -0.05) is 12.1 Å². The van der Waals surface area contributed by atoms with Crippen molar-refractivity contribution in [1.82, 2.24) is 0 Å².